The fourth-order valence-electron chi connectivity index (χ4n) is 2.65. The van der Waals surface area contributed by atoms with Gasteiger partial charge in [0.2, 0.25) is 0 Å². The Bertz CT molecular complexity index is 1110. The Kier molecular flexibility index (Phi) is 6.55. The number of hydrogen-bond acceptors (Lipinski definition) is 8. The lowest BCUT2D eigenvalue weighted by molar-refractivity contribution is 0.0600. The molecule has 0 aliphatic heterocycles. The number of benzene rings is 1. The van der Waals surface area contributed by atoms with E-state index in [9.17, 15) is 14.4 Å². The average molecular weight is 434 g/mol. The molecule has 3 rings (SSSR count). The van der Waals surface area contributed by atoms with E-state index < -0.39 is 11.9 Å². The van der Waals surface area contributed by atoms with Crippen molar-refractivity contribution in [3.8, 4) is 5.75 Å². The summed E-state index contributed by atoms with van der Waals surface area (Å²) in [4.78, 5) is 43.2. The number of ether oxygens (including phenoxy) is 2. The number of aromatic nitrogens is 2. The molecular formula is C19H19N3O5S2. The van der Waals surface area contributed by atoms with Crippen LogP contribution in [-0.2, 0) is 4.74 Å². The number of amides is 1. The number of nitrogens with zero attached hydrogens (tertiary/aromatic N) is 1. The minimum Gasteiger partial charge on any atom is -0.494 e. The number of carbonyl (C=O) groups is 2. The van der Waals surface area contributed by atoms with Gasteiger partial charge in [-0.3, -0.25) is 9.59 Å². The molecule has 152 valence electrons. The number of aryl methyl sites for hydroxylation is 1. The summed E-state index contributed by atoms with van der Waals surface area (Å²) < 4.78 is 10.3. The Balaban J connectivity index is 1.54. The maximum absolute atomic E-state index is 12.3. The van der Waals surface area contributed by atoms with Crippen LogP contribution in [0.15, 0.2) is 34.2 Å². The van der Waals surface area contributed by atoms with Crippen LogP contribution in [-0.4, -0.2) is 41.3 Å². The number of thiophene rings is 1. The zero-order valence-electron chi connectivity index (χ0n) is 15.8. The van der Waals surface area contributed by atoms with E-state index in [1.165, 1.54) is 18.9 Å². The molecule has 29 heavy (non-hydrogen) atoms. The van der Waals surface area contributed by atoms with Gasteiger partial charge in [0.15, 0.2) is 5.16 Å². The number of carbonyl (C=O) groups excluding carboxylic acids is 2. The monoisotopic (exact) mass is 433 g/mol. The molecular weight excluding hydrogens is 414 g/mol. The second-order valence-electron chi connectivity index (χ2n) is 6.04. The van der Waals surface area contributed by atoms with Gasteiger partial charge < -0.3 is 20.2 Å². The highest BCUT2D eigenvalue weighted by atomic mass is 32.2. The lowest BCUT2D eigenvalue weighted by Crippen LogP contribution is -2.12. The van der Waals surface area contributed by atoms with Crippen LogP contribution >= 0.6 is 23.1 Å². The average Bonchev–Trinajstić information content (AvgIpc) is 3.05. The van der Waals surface area contributed by atoms with E-state index in [-0.39, 0.29) is 5.56 Å². The van der Waals surface area contributed by atoms with Crippen LogP contribution in [0.25, 0.3) is 10.2 Å². The first-order chi connectivity index (χ1) is 13.9. The summed E-state index contributed by atoms with van der Waals surface area (Å²) in [7, 11) is 1.33. The number of thioether (sulfide) groups is 1. The molecule has 0 unspecified atom stereocenters. The van der Waals surface area contributed by atoms with E-state index in [1.54, 1.807) is 31.2 Å². The van der Waals surface area contributed by atoms with Gasteiger partial charge in [0, 0.05) is 5.75 Å². The van der Waals surface area contributed by atoms with Gasteiger partial charge in [-0.25, -0.2) is 9.78 Å². The smallest absolute Gasteiger partial charge is 0.337 e. The molecule has 2 aromatic heterocycles. The number of H-pyrrole nitrogens is 1. The fraction of sp³-hybridized carbons (Fsp3) is 0.263. The predicted molar refractivity (Wildman–Crippen MR) is 112 cm³/mol. The highest BCUT2D eigenvalue weighted by molar-refractivity contribution is 7.99. The number of esters is 1. The van der Waals surface area contributed by atoms with Crippen molar-refractivity contribution in [1.29, 1.82) is 0 Å². The van der Waals surface area contributed by atoms with Gasteiger partial charge in [0.25, 0.3) is 11.5 Å². The largest absolute Gasteiger partial charge is 0.494 e. The second kappa shape index (κ2) is 9.10. The van der Waals surface area contributed by atoms with Crippen LogP contribution in [0.2, 0.25) is 0 Å². The highest BCUT2D eigenvalue weighted by Gasteiger charge is 2.17. The van der Waals surface area contributed by atoms with Crippen molar-refractivity contribution in [2.45, 2.75) is 18.5 Å². The normalized spacial score (nSPS) is 10.8. The molecule has 0 radical (unpaired) electrons. The number of nitrogens with one attached hydrogen (secondary N) is 1. The minimum absolute atomic E-state index is 0.277. The Morgan fingerprint density at radius 1 is 1.28 bits per heavy atom. The molecule has 10 heteroatoms. The molecule has 0 spiro atoms. The molecule has 0 fully saturated rings. The molecule has 2 heterocycles. The molecule has 1 amide bonds. The summed E-state index contributed by atoms with van der Waals surface area (Å²) >= 11 is 2.53. The quantitative estimate of drug-likeness (QED) is 0.242. The van der Waals surface area contributed by atoms with Crippen molar-refractivity contribution in [3.05, 3.63) is 50.6 Å². The van der Waals surface area contributed by atoms with Crippen LogP contribution in [0, 0.1) is 6.92 Å². The molecule has 3 aromatic rings. The van der Waals surface area contributed by atoms with Gasteiger partial charge >= 0.3 is 5.97 Å². The van der Waals surface area contributed by atoms with E-state index in [1.807, 2.05) is 0 Å². The topological polar surface area (TPSA) is 124 Å². The molecule has 1 aromatic carbocycles. The van der Waals surface area contributed by atoms with Gasteiger partial charge in [0.05, 0.1) is 29.5 Å². The third kappa shape index (κ3) is 4.77. The van der Waals surface area contributed by atoms with Gasteiger partial charge in [-0.1, -0.05) is 11.8 Å². The molecule has 0 aliphatic carbocycles. The van der Waals surface area contributed by atoms with Gasteiger partial charge in [0.1, 0.15) is 10.6 Å². The zero-order chi connectivity index (χ0) is 21.0. The SMILES string of the molecule is COC(=O)c1ccc(OCCCSc2nc3sc(C(N)=O)c(C)c3c(=O)[nH]2)cc1. The van der Waals surface area contributed by atoms with Crippen LogP contribution < -0.4 is 16.0 Å². The third-order valence-corrected chi connectivity index (χ3v) is 6.23. The number of nitrogens with two attached hydrogens (primary N) is 1. The Labute approximate surface area is 174 Å². The summed E-state index contributed by atoms with van der Waals surface area (Å²) in [5, 5.41) is 0.897. The van der Waals surface area contributed by atoms with Crippen molar-refractivity contribution in [3.63, 3.8) is 0 Å². The van der Waals surface area contributed by atoms with Crippen molar-refractivity contribution in [2.75, 3.05) is 19.5 Å². The van der Waals surface area contributed by atoms with E-state index in [0.717, 1.165) is 17.8 Å². The molecule has 3 N–H and O–H groups in total. The molecule has 0 saturated carbocycles. The number of fused-ring (bicyclic) bond motifs is 1. The van der Waals surface area contributed by atoms with Crippen LogP contribution in [0.1, 0.15) is 32.0 Å². The molecule has 0 atom stereocenters. The highest BCUT2D eigenvalue weighted by Crippen LogP contribution is 2.28. The van der Waals surface area contributed by atoms with Gasteiger partial charge in [-0.2, -0.15) is 0 Å². The standard InChI is InChI=1S/C19H19N3O5S2/c1-10-13-16(24)21-19(22-17(13)29-14(10)15(20)23)28-9-3-8-27-12-6-4-11(5-7-12)18(25)26-2/h4-7H,3,8-9H2,1-2H3,(H2,20,23)(H,21,22,24). The molecule has 8 nitrogen and oxygen atoms in total. The first-order valence-corrected chi connectivity index (χ1v) is 10.5. The van der Waals surface area contributed by atoms with E-state index >= 15 is 0 Å². The maximum atomic E-state index is 12.3. The van der Waals surface area contributed by atoms with Crippen molar-refractivity contribution >= 4 is 45.2 Å². The lowest BCUT2D eigenvalue weighted by Gasteiger charge is -2.06. The number of primary amides is 1. The Morgan fingerprint density at radius 2 is 2.00 bits per heavy atom. The molecule has 0 aliphatic rings. The van der Waals surface area contributed by atoms with Crippen molar-refractivity contribution in [1.82, 2.24) is 9.97 Å². The number of methoxy groups -OCH3 is 1. The maximum Gasteiger partial charge on any atom is 0.337 e. The van der Waals surface area contributed by atoms with Crippen molar-refractivity contribution < 1.29 is 19.1 Å². The summed E-state index contributed by atoms with van der Waals surface area (Å²) in [5.74, 6) is 0.386. The minimum atomic E-state index is -0.559. The van der Waals surface area contributed by atoms with E-state index in [4.69, 9.17) is 10.5 Å². The van der Waals surface area contributed by atoms with E-state index in [2.05, 4.69) is 14.7 Å². The van der Waals surface area contributed by atoms with Crippen LogP contribution in [0.5, 0.6) is 5.75 Å². The summed E-state index contributed by atoms with van der Waals surface area (Å²) in [6.07, 6.45) is 0.723. The number of hydrogen-bond donors (Lipinski definition) is 2. The zero-order valence-corrected chi connectivity index (χ0v) is 17.4. The second-order valence-corrected chi connectivity index (χ2v) is 8.12. The number of aromatic amines is 1. The first-order valence-electron chi connectivity index (χ1n) is 8.68. The van der Waals surface area contributed by atoms with Crippen LogP contribution in [0.3, 0.4) is 0 Å². The first kappa shape index (κ1) is 20.9. The Hall–Kier alpha value is -2.85. The summed E-state index contributed by atoms with van der Waals surface area (Å²) in [5.41, 5.74) is 6.10. The Morgan fingerprint density at radius 3 is 2.66 bits per heavy atom. The molecule has 0 bridgehead atoms. The summed E-state index contributed by atoms with van der Waals surface area (Å²) in [6, 6.07) is 6.70. The fourth-order valence-corrected chi connectivity index (χ4v) is 4.52. The third-order valence-electron chi connectivity index (χ3n) is 4.07. The lowest BCUT2D eigenvalue weighted by atomic mass is 10.2. The van der Waals surface area contributed by atoms with Gasteiger partial charge in [-0.15, -0.1) is 11.3 Å². The van der Waals surface area contributed by atoms with Gasteiger partial charge in [-0.05, 0) is 43.2 Å². The number of rotatable bonds is 8. The van der Waals surface area contributed by atoms with Crippen LogP contribution in [0.4, 0.5) is 0 Å². The summed E-state index contributed by atoms with van der Waals surface area (Å²) in [6.45, 7) is 2.17. The van der Waals surface area contributed by atoms with E-state index in [0.29, 0.717) is 49.5 Å². The van der Waals surface area contributed by atoms with Crippen molar-refractivity contribution in [2.24, 2.45) is 5.73 Å². The molecule has 0 saturated heterocycles. The predicted octanol–water partition coefficient (Wildman–Crippen LogP) is 2.74.